The third-order valence-corrected chi connectivity index (χ3v) is 7.51. The van der Waals surface area contributed by atoms with Crippen molar-refractivity contribution in [2.24, 2.45) is 0 Å². The van der Waals surface area contributed by atoms with Gasteiger partial charge in [0.25, 0.3) is 0 Å². The van der Waals surface area contributed by atoms with Crippen LogP contribution in [0.1, 0.15) is 25.0 Å². The Labute approximate surface area is 195 Å². The van der Waals surface area contributed by atoms with E-state index in [0.717, 1.165) is 12.1 Å². The highest BCUT2D eigenvalue weighted by atomic mass is 32.2. The summed E-state index contributed by atoms with van der Waals surface area (Å²) in [4.78, 5) is 14.7. The first kappa shape index (κ1) is 24.3. The van der Waals surface area contributed by atoms with Gasteiger partial charge in [-0.05, 0) is 37.6 Å². The monoisotopic (exact) mass is 494 g/mol. The van der Waals surface area contributed by atoms with Crippen LogP contribution in [0.2, 0.25) is 0 Å². The van der Waals surface area contributed by atoms with Crippen molar-refractivity contribution >= 4 is 26.6 Å². The van der Waals surface area contributed by atoms with Gasteiger partial charge in [0.2, 0.25) is 5.91 Å². The number of para-hydroxylation sites is 1. The molecule has 0 N–H and O–H groups in total. The Balaban J connectivity index is 1.61. The standard InChI is InChI=1S/C24H25F3N2O4S/c1-16-11-29(12-17(2)33-16)23(30)14-28-13-22(20-5-3-4-6-21(20)28)34(31,32)15-18-7-9-19(10-8-18)24(25,26)27/h3-10,13,16-17H,11-12,14-15H2,1-2H3/t16-,17-/m1/s1. The van der Waals surface area contributed by atoms with E-state index in [1.807, 2.05) is 13.8 Å². The first-order chi connectivity index (χ1) is 15.9. The number of alkyl halides is 3. The summed E-state index contributed by atoms with van der Waals surface area (Å²) in [6, 6.07) is 11.0. The van der Waals surface area contributed by atoms with Gasteiger partial charge < -0.3 is 14.2 Å². The van der Waals surface area contributed by atoms with Gasteiger partial charge in [-0.2, -0.15) is 13.2 Å². The molecule has 2 heterocycles. The Hall–Kier alpha value is -2.85. The topological polar surface area (TPSA) is 68.6 Å². The van der Waals surface area contributed by atoms with Crippen LogP contribution < -0.4 is 0 Å². The Morgan fingerprint density at radius 1 is 1.03 bits per heavy atom. The highest BCUT2D eigenvalue weighted by molar-refractivity contribution is 7.90. The van der Waals surface area contributed by atoms with E-state index in [4.69, 9.17) is 4.74 Å². The van der Waals surface area contributed by atoms with Crippen LogP contribution in [-0.2, 0) is 37.8 Å². The van der Waals surface area contributed by atoms with Crippen molar-refractivity contribution < 1.29 is 31.1 Å². The maximum absolute atomic E-state index is 13.2. The summed E-state index contributed by atoms with van der Waals surface area (Å²) in [6.07, 6.45) is -3.23. The van der Waals surface area contributed by atoms with Gasteiger partial charge in [0.15, 0.2) is 9.84 Å². The van der Waals surface area contributed by atoms with E-state index in [1.54, 1.807) is 33.7 Å². The average molecular weight is 495 g/mol. The van der Waals surface area contributed by atoms with Crippen molar-refractivity contribution in [3.8, 4) is 0 Å². The molecule has 1 aromatic heterocycles. The Kier molecular flexibility index (Phi) is 6.48. The van der Waals surface area contributed by atoms with Crippen LogP contribution in [-0.4, -0.2) is 49.1 Å². The minimum Gasteiger partial charge on any atom is -0.372 e. The number of hydrogen-bond donors (Lipinski definition) is 0. The zero-order valence-corrected chi connectivity index (χ0v) is 19.6. The quantitative estimate of drug-likeness (QED) is 0.531. The molecule has 34 heavy (non-hydrogen) atoms. The lowest BCUT2D eigenvalue weighted by Crippen LogP contribution is -2.49. The van der Waals surface area contributed by atoms with Crippen LogP contribution in [0.5, 0.6) is 0 Å². The lowest BCUT2D eigenvalue weighted by molar-refractivity contribution is -0.143. The number of carbonyl (C=O) groups excluding carboxylic acids is 1. The zero-order valence-electron chi connectivity index (χ0n) is 18.7. The number of amides is 1. The molecular weight excluding hydrogens is 469 g/mol. The summed E-state index contributed by atoms with van der Waals surface area (Å²) < 4.78 is 72.2. The van der Waals surface area contributed by atoms with E-state index in [2.05, 4.69) is 0 Å². The van der Waals surface area contributed by atoms with Crippen LogP contribution in [0.3, 0.4) is 0 Å². The van der Waals surface area contributed by atoms with Gasteiger partial charge in [-0.1, -0.05) is 30.3 Å². The number of fused-ring (bicyclic) bond motifs is 1. The molecule has 0 aliphatic carbocycles. The summed E-state index contributed by atoms with van der Waals surface area (Å²) in [5, 5.41) is 0.464. The fraction of sp³-hybridized carbons (Fsp3) is 0.375. The minimum absolute atomic E-state index is 0.0320. The number of sulfone groups is 1. The number of morpholine rings is 1. The number of rotatable bonds is 5. The predicted octanol–water partition coefficient (Wildman–Crippen LogP) is 4.27. The van der Waals surface area contributed by atoms with Crippen molar-refractivity contribution in [2.45, 2.75) is 49.4 Å². The first-order valence-electron chi connectivity index (χ1n) is 10.8. The molecular formula is C24H25F3N2O4S. The molecule has 0 radical (unpaired) electrons. The molecule has 1 aliphatic heterocycles. The Morgan fingerprint density at radius 2 is 1.65 bits per heavy atom. The number of hydrogen-bond acceptors (Lipinski definition) is 4. The van der Waals surface area contributed by atoms with Gasteiger partial charge in [-0.3, -0.25) is 4.79 Å². The van der Waals surface area contributed by atoms with E-state index in [-0.39, 0.29) is 35.1 Å². The second-order valence-corrected chi connectivity index (χ2v) is 10.6. The third kappa shape index (κ3) is 5.12. The number of halogens is 3. The first-order valence-corrected chi connectivity index (χ1v) is 12.5. The van der Waals surface area contributed by atoms with E-state index >= 15 is 0 Å². The van der Waals surface area contributed by atoms with Crippen LogP contribution in [0.25, 0.3) is 10.9 Å². The molecule has 2 atom stereocenters. The molecule has 182 valence electrons. The van der Waals surface area contributed by atoms with Gasteiger partial charge in [-0.25, -0.2) is 8.42 Å². The van der Waals surface area contributed by atoms with Crippen LogP contribution in [0.4, 0.5) is 13.2 Å². The Bertz CT molecular complexity index is 1290. The summed E-state index contributed by atoms with van der Waals surface area (Å²) >= 11 is 0. The lowest BCUT2D eigenvalue weighted by Gasteiger charge is -2.35. The third-order valence-electron chi connectivity index (χ3n) is 5.80. The van der Waals surface area contributed by atoms with Crippen molar-refractivity contribution in [2.75, 3.05) is 13.1 Å². The average Bonchev–Trinajstić information content (AvgIpc) is 3.12. The Morgan fingerprint density at radius 3 is 2.26 bits per heavy atom. The fourth-order valence-corrected chi connectivity index (χ4v) is 5.89. The molecule has 0 spiro atoms. The summed E-state index contributed by atoms with van der Waals surface area (Å²) in [5.74, 6) is -0.597. The highest BCUT2D eigenvalue weighted by Crippen LogP contribution is 2.31. The summed E-state index contributed by atoms with van der Waals surface area (Å²) in [7, 11) is -3.89. The fourth-order valence-electron chi connectivity index (χ4n) is 4.31. The van der Waals surface area contributed by atoms with Gasteiger partial charge in [-0.15, -0.1) is 0 Å². The maximum atomic E-state index is 13.2. The van der Waals surface area contributed by atoms with Crippen molar-refractivity contribution in [1.82, 2.24) is 9.47 Å². The number of nitrogens with zero attached hydrogens (tertiary/aromatic N) is 2. The summed E-state index contributed by atoms with van der Waals surface area (Å²) in [6.45, 7) is 4.68. The molecule has 1 amide bonds. The largest absolute Gasteiger partial charge is 0.416 e. The smallest absolute Gasteiger partial charge is 0.372 e. The predicted molar refractivity (Wildman–Crippen MR) is 121 cm³/mol. The molecule has 0 unspecified atom stereocenters. The molecule has 0 saturated carbocycles. The minimum atomic E-state index is -4.49. The molecule has 0 bridgehead atoms. The molecule has 3 aromatic rings. The SMILES string of the molecule is C[C@@H]1CN(C(=O)Cn2cc(S(=O)(=O)Cc3ccc(C(F)(F)F)cc3)c3ccccc32)C[C@@H](C)O1. The molecule has 10 heteroatoms. The number of carbonyl (C=O) groups is 1. The number of benzene rings is 2. The number of aromatic nitrogens is 1. The second kappa shape index (κ2) is 9.07. The second-order valence-electron chi connectivity index (χ2n) is 8.65. The number of ether oxygens (including phenoxy) is 1. The van der Waals surface area contributed by atoms with Crippen molar-refractivity contribution in [3.05, 3.63) is 65.9 Å². The van der Waals surface area contributed by atoms with Crippen LogP contribution >= 0.6 is 0 Å². The highest BCUT2D eigenvalue weighted by Gasteiger charge is 2.31. The van der Waals surface area contributed by atoms with Crippen molar-refractivity contribution in [1.29, 1.82) is 0 Å². The van der Waals surface area contributed by atoms with E-state index in [9.17, 15) is 26.4 Å². The maximum Gasteiger partial charge on any atom is 0.416 e. The van der Waals surface area contributed by atoms with Crippen LogP contribution in [0, 0.1) is 0 Å². The van der Waals surface area contributed by atoms with Crippen LogP contribution in [0.15, 0.2) is 59.6 Å². The van der Waals surface area contributed by atoms with Gasteiger partial charge in [0, 0.05) is 30.2 Å². The molecule has 1 aliphatic rings. The van der Waals surface area contributed by atoms with Crippen molar-refractivity contribution in [3.63, 3.8) is 0 Å². The van der Waals surface area contributed by atoms with Gasteiger partial charge in [0.05, 0.1) is 28.4 Å². The molecule has 1 saturated heterocycles. The lowest BCUT2D eigenvalue weighted by atomic mass is 10.1. The van der Waals surface area contributed by atoms with E-state index in [1.165, 1.54) is 18.3 Å². The molecule has 4 rings (SSSR count). The molecule has 1 fully saturated rings. The van der Waals surface area contributed by atoms with Gasteiger partial charge >= 0.3 is 6.18 Å². The van der Waals surface area contributed by atoms with Gasteiger partial charge in [0.1, 0.15) is 6.54 Å². The van der Waals surface area contributed by atoms with E-state index < -0.39 is 27.3 Å². The van der Waals surface area contributed by atoms with E-state index in [0.29, 0.717) is 24.0 Å². The molecule has 2 aromatic carbocycles. The zero-order chi connectivity index (χ0) is 24.7. The summed E-state index contributed by atoms with van der Waals surface area (Å²) in [5.41, 5.74) is 0.00362. The molecule has 6 nitrogen and oxygen atoms in total. The normalized spacial score (nSPS) is 19.5.